The van der Waals surface area contributed by atoms with Crippen molar-refractivity contribution in [1.82, 2.24) is 5.32 Å². The number of hydrogen-bond acceptors (Lipinski definition) is 3. The van der Waals surface area contributed by atoms with Crippen LogP contribution in [0.1, 0.15) is 13.3 Å². The van der Waals surface area contributed by atoms with Crippen LogP contribution in [0.25, 0.3) is 0 Å². The molecule has 102 valence electrons. The van der Waals surface area contributed by atoms with E-state index in [4.69, 9.17) is 27.9 Å². The molecular formula is C13H19Cl2NOS. The third-order valence-electron chi connectivity index (χ3n) is 2.39. The fourth-order valence-electron chi connectivity index (χ4n) is 1.48. The van der Waals surface area contributed by atoms with Gasteiger partial charge in [0.15, 0.2) is 0 Å². The van der Waals surface area contributed by atoms with Gasteiger partial charge in [-0.15, -0.1) is 11.8 Å². The number of thioether (sulfide) groups is 1. The first-order valence-electron chi connectivity index (χ1n) is 5.97. The van der Waals surface area contributed by atoms with E-state index in [0.29, 0.717) is 22.7 Å². The first-order chi connectivity index (χ1) is 8.67. The van der Waals surface area contributed by atoms with Gasteiger partial charge in [0.05, 0.1) is 16.7 Å². The van der Waals surface area contributed by atoms with Gasteiger partial charge in [0.1, 0.15) is 0 Å². The molecule has 1 atom stereocenters. The summed E-state index contributed by atoms with van der Waals surface area (Å²) in [7, 11) is 1.73. The van der Waals surface area contributed by atoms with Crippen molar-refractivity contribution in [2.24, 2.45) is 0 Å². The summed E-state index contributed by atoms with van der Waals surface area (Å²) in [5.41, 5.74) is 0. The third kappa shape index (κ3) is 5.81. The molecule has 0 aliphatic carbocycles. The van der Waals surface area contributed by atoms with Gasteiger partial charge in [0, 0.05) is 23.8 Å². The highest BCUT2D eigenvalue weighted by Gasteiger charge is 2.08. The SMILES string of the molecule is CCCNC(COC)CSc1ccc(Cl)c(Cl)c1. The molecule has 1 unspecified atom stereocenters. The Bertz CT molecular complexity index is 363. The molecule has 0 saturated heterocycles. The standard InChI is InChI=1S/C13H19Cl2NOS/c1-3-6-16-10(8-17-2)9-18-11-4-5-12(14)13(15)7-11/h4-5,7,10,16H,3,6,8-9H2,1-2H3. The molecule has 0 bridgehead atoms. The molecule has 0 heterocycles. The molecule has 1 N–H and O–H groups in total. The van der Waals surface area contributed by atoms with Gasteiger partial charge in [-0.05, 0) is 31.2 Å². The van der Waals surface area contributed by atoms with Gasteiger partial charge in [-0.1, -0.05) is 30.1 Å². The third-order valence-corrected chi connectivity index (χ3v) is 4.29. The molecule has 0 saturated carbocycles. The Morgan fingerprint density at radius 1 is 1.33 bits per heavy atom. The first-order valence-corrected chi connectivity index (χ1v) is 7.71. The molecule has 0 spiro atoms. The van der Waals surface area contributed by atoms with Gasteiger partial charge in [0.25, 0.3) is 0 Å². The minimum Gasteiger partial charge on any atom is -0.383 e. The van der Waals surface area contributed by atoms with Gasteiger partial charge in [-0.3, -0.25) is 0 Å². The Balaban J connectivity index is 2.47. The van der Waals surface area contributed by atoms with Crippen LogP contribution in [-0.4, -0.2) is 32.1 Å². The summed E-state index contributed by atoms with van der Waals surface area (Å²) in [5, 5.41) is 4.66. The molecule has 0 fully saturated rings. The monoisotopic (exact) mass is 307 g/mol. The zero-order valence-corrected chi connectivity index (χ0v) is 13.0. The molecule has 0 radical (unpaired) electrons. The second-order valence-corrected chi connectivity index (χ2v) is 5.90. The van der Waals surface area contributed by atoms with E-state index < -0.39 is 0 Å². The van der Waals surface area contributed by atoms with Gasteiger partial charge < -0.3 is 10.1 Å². The van der Waals surface area contributed by atoms with E-state index in [-0.39, 0.29) is 0 Å². The lowest BCUT2D eigenvalue weighted by Gasteiger charge is -2.17. The fourth-order valence-corrected chi connectivity index (χ4v) is 2.82. The number of rotatable bonds is 8. The number of benzene rings is 1. The van der Waals surface area contributed by atoms with Crippen LogP contribution in [0.3, 0.4) is 0 Å². The maximum atomic E-state index is 5.99. The molecule has 0 aliphatic rings. The molecule has 0 amide bonds. The smallest absolute Gasteiger partial charge is 0.0624 e. The summed E-state index contributed by atoms with van der Waals surface area (Å²) < 4.78 is 5.21. The predicted molar refractivity (Wildman–Crippen MR) is 81.1 cm³/mol. The maximum absolute atomic E-state index is 5.99. The molecule has 0 aromatic heterocycles. The van der Waals surface area contributed by atoms with Crippen LogP contribution in [0, 0.1) is 0 Å². The highest BCUT2D eigenvalue weighted by atomic mass is 35.5. The molecule has 1 rings (SSSR count). The van der Waals surface area contributed by atoms with Crippen molar-refractivity contribution in [3.05, 3.63) is 28.2 Å². The van der Waals surface area contributed by atoms with E-state index in [9.17, 15) is 0 Å². The van der Waals surface area contributed by atoms with E-state index >= 15 is 0 Å². The van der Waals surface area contributed by atoms with Crippen molar-refractivity contribution >= 4 is 35.0 Å². The summed E-state index contributed by atoms with van der Waals surface area (Å²) in [4.78, 5) is 1.13. The number of ether oxygens (including phenoxy) is 1. The summed E-state index contributed by atoms with van der Waals surface area (Å²) in [6.07, 6.45) is 1.12. The van der Waals surface area contributed by atoms with Gasteiger partial charge in [-0.25, -0.2) is 0 Å². The van der Waals surface area contributed by atoms with Crippen LogP contribution >= 0.6 is 35.0 Å². The van der Waals surface area contributed by atoms with Crippen molar-refractivity contribution in [2.45, 2.75) is 24.3 Å². The average molecular weight is 308 g/mol. The van der Waals surface area contributed by atoms with E-state index in [1.807, 2.05) is 18.2 Å². The van der Waals surface area contributed by atoms with Gasteiger partial charge in [0.2, 0.25) is 0 Å². The number of hydrogen-bond donors (Lipinski definition) is 1. The fraction of sp³-hybridized carbons (Fsp3) is 0.538. The average Bonchev–Trinajstić information content (AvgIpc) is 2.37. The predicted octanol–water partition coefficient (Wildman–Crippen LogP) is 4.10. The highest BCUT2D eigenvalue weighted by Crippen LogP contribution is 2.28. The van der Waals surface area contributed by atoms with Crippen molar-refractivity contribution in [3.8, 4) is 0 Å². The Morgan fingerprint density at radius 2 is 2.11 bits per heavy atom. The molecule has 18 heavy (non-hydrogen) atoms. The molecular weight excluding hydrogens is 289 g/mol. The Labute approximate surface area is 123 Å². The van der Waals surface area contributed by atoms with Gasteiger partial charge in [-0.2, -0.15) is 0 Å². The van der Waals surface area contributed by atoms with Crippen molar-refractivity contribution in [1.29, 1.82) is 0 Å². The minimum absolute atomic E-state index is 0.356. The van der Waals surface area contributed by atoms with Crippen molar-refractivity contribution in [2.75, 3.05) is 26.0 Å². The van der Waals surface area contributed by atoms with Crippen LogP contribution in [0.5, 0.6) is 0 Å². The van der Waals surface area contributed by atoms with Crippen LogP contribution in [-0.2, 0) is 4.74 Å². The van der Waals surface area contributed by atoms with Crippen LogP contribution in [0.2, 0.25) is 10.0 Å². The van der Waals surface area contributed by atoms with E-state index in [0.717, 1.165) is 23.6 Å². The Morgan fingerprint density at radius 3 is 2.72 bits per heavy atom. The maximum Gasteiger partial charge on any atom is 0.0624 e. The quantitative estimate of drug-likeness (QED) is 0.731. The second-order valence-electron chi connectivity index (χ2n) is 3.99. The lowest BCUT2D eigenvalue weighted by molar-refractivity contribution is 0.174. The normalized spacial score (nSPS) is 12.7. The molecule has 1 aromatic rings. The Hall–Kier alpha value is 0.0700. The number of methoxy groups -OCH3 is 1. The minimum atomic E-state index is 0.356. The second kappa shape index (κ2) is 9.05. The van der Waals surface area contributed by atoms with E-state index in [1.165, 1.54) is 0 Å². The van der Waals surface area contributed by atoms with E-state index in [1.54, 1.807) is 18.9 Å². The zero-order chi connectivity index (χ0) is 13.4. The van der Waals surface area contributed by atoms with Gasteiger partial charge >= 0.3 is 0 Å². The zero-order valence-electron chi connectivity index (χ0n) is 10.7. The topological polar surface area (TPSA) is 21.3 Å². The van der Waals surface area contributed by atoms with Crippen molar-refractivity contribution < 1.29 is 4.74 Å². The molecule has 2 nitrogen and oxygen atoms in total. The summed E-state index contributed by atoms with van der Waals surface area (Å²) in [6.45, 7) is 3.88. The van der Waals surface area contributed by atoms with E-state index in [2.05, 4.69) is 12.2 Å². The lowest BCUT2D eigenvalue weighted by Crippen LogP contribution is -2.35. The van der Waals surface area contributed by atoms with Crippen LogP contribution < -0.4 is 5.32 Å². The van der Waals surface area contributed by atoms with Crippen LogP contribution in [0.15, 0.2) is 23.1 Å². The van der Waals surface area contributed by atoms with Crippen LogP contribution in [0.4, 0.5) is 0 Å². The lowest BCUT2D eigenvalue weighted by atomic mass is 10.3. The first kappa shape index (κ1) is 16.1. The van der Waals surface area contributed by atoms with Crippen molar-refractivity contribution in [3.63, 3.8) is 0 Å². The summed E-state index contributed by atoms with van der Waals surface area (Å²) >= 11 is 13.6. The summed E-state index contributed by atoms with van der Waals surface area (Å²) in [6, 6.07) is 6.08. The highest BCUT2D eigenvalue weighted by molar-refractivity contribution is 7.99. The number of nitrogens with one attached hydrogen (secondary N) is 1. The molecule has 0 aliphatic heterocycles. The summed E-state index contributed by atoms with van der Waals surface area (Å²) in [5.74, 6) is 0.950. The molecule has 5 heteroatoms. The Kier molecular flexibility index (Phi) is 8.11. The largest absolute Gasteiger partial charge is 0.383 e. The molecule has 1 aromatic carbocycles. The number of halogens is 2.